The van der Waals surface area contributed by atoms with Crippen LogP contribution in [0.25, 0.3) is 0 Å². The molecular formula is C13H22IN3O. The molecule has 18 heavy (non-hydrogen) atoms. The van der Waals surface area contributed by atoms with E-state index in [0.29, 0.717) is 12.5 Å². The van der Waals surface area contributed by atoms with E-state index in [1.54, 1.807) is 0 Å². The highest BCUT2D eigenvalue weighted by Gasteiger charge is 2.05. The molecular weight excluding hydrogens is 341 g/mol. The van der Waals surface area contributed by atoms with E-state index >= 15 is 0 Å². The molecule has 0 fully saturated rings. The Morgan fingerprint density at radius 3 is 2.72 bits per heavy atom. The van der Waals surface area contributed by atoms with Crippen molar-refractivity contribution in [2.45, 2.75) is 26.9 Å². The van der Waals surface area contributed by atoms with E-state index in [1.165, 1.54) is 0 Å². The lowest BCUT2D eigenvalue weighted by molar-refractivity contribution is 0.229. The van der Waals surface area contributed by atoms with Crippen molar-refractivity contribution >= 4 is 29.9 Å². The normalized spacial score (nSPS) is 12.5. The maximum Gasteiger partial charge on any atom is 0.188 e. The number of rotatable bonds is 5. The van der Waals surface area contributed by atoms with Gasteiger partial charge in [0, 0.05) is 6.54 Å². The van der Waals surface area contributed by atoms with Gasteiger partial charge in [-0.1, -0.05) is 18.2 Å². The van der Waals surface area contributed by atoms with Gasteiger partial charge in [-0.25, -0.2) is 4.99 Å². The van der Waals surface area contributed by atoms with Crippen LogP contribution in [-0.4, -0.2) is 25.2 Å². The monoisotopic (exact) mass is 363 g/mol. The average Bonchev–Trinajstić information content (AvgIpc) is 2.30. The minimum atomic E-state index is 0. The molecule has 0 saturated heterocycles. The van der Waals surface area contributed by atoms with Crippen LogP contribution in [0, 0.1) is 6.92 Å². The summed E-state index contributed by atoms with van der Waals surface area (Å²) in [5.74, 6) is 1.37. The van der Waals surface area contributed by atoms with Crippen molar-refractivity contribution in [1.29, 1.82) is 0 Å². The van der Waals surface area contributed by atoms with E-state index in [2.05, 4.69) is 10.3 Å². The molecule has 3 N–H and O–H groups in total. The maximum absolute atomic E-state index is 5.78. The van der Waals surface area contributed by atoms with Gasteiger partial charge in [-0.3, -0.25) is 0 Å². The van der Waals surface area contributed by atoms with Gasteiger partial charge in [0.05, 0.1) is 6.54 Å². The van der Waals surface area contributed by atoms with Crippen molar-refractivity contribution in [3.05, 3.63) is 29.8 Å². The second-order valence-electron chi connectivity index (χ2n) is 3.95. The summed E-state index contributed by atoms with van der Waals surface area (Å²) < 4.78 is 5.78. The van der Waals surface area contributed by atoms with Crippen molar-refractivity contribution in [2.24, 2.45) is 10.7 Å². The van der Waals surface area contributed by atoms with Crippen LogP contribution in [0.4, 0.5) is 0 Å². The fourth-order valence-corrected chi connectivity index (χ4v) is 1.41. The molecule has 0 saturated carbocycles. The highest BCUT2D eigenvalue weighted by molar-refractivity contribution is 14.0. The van der Waals surface area contributed by atoms with E-state index in [-0.39, 0.29) is 30.1 Å². The molecule has 102 valence electrons. The Morgan fingerprint density at radius 1 is 1.44 bits per heavy atom. The van der Waals surface area contributed by atoms with Gasteiger partial charge < -0.3 is 15.8 Å². The molecule has 0 aliphatic heterocycles. The summed E-state index contributed by atoms with van der Waals surface area (Å²) in [5, 5.41) is 2.95. The topological polar surface area (TPSA) is 59.6 Å². The second-order valence-corrected chi connectivity index (χ2v) is 3.95. The smallest absolute Gasteiger partial charge is 0.188 e. The third-order valence-corrected chi connectivity index (χ3v) is 2.30. The predicted octanol–water partition coefficient (Wildman–Crippen LogP) is 2.30. The zero-order valence-corrected chi connectivity index (χ0v) is 13.5. The first-order chi connectivity index (χ1) is 8.13. The van der Waals surface area contributed by atoms with Crippen molar-refractivity contribution in [3.63, 3.8) is 0 Å². The molecule has 0 heterocycles. The molecule has 1 unspecified atom stereocenters. The van der Waals surface area contributed by atoms with Crippen LogP contribution in [0.2, 0.25) is 0 Å². The van der Waals surface area contributed by atoms with Gasteiger partial charge in [0.1, 0.15) is 11.9 Å². The minimum Gasteiger partial charge on any atom is -0.489 e. The van der Waals surface area contributed by atoms with Crippen LogP contribution in [0.5, 0.6) is 5.75 Å². The maximum atomic E-state index is 5.78. The average molecular weight is 363 g/mol. The molecule has 0 aromatic heterocycles. The van der Waals surface area contributed by atoms with Crippen molar-refractivity contribution in [1.82, 2.24) is 5.32 Å². The SMILES string of the molecule is CCNC(N)=NCC(C)Oc1ccccc1C.I. The van der Waals surface area contributed by atoms with E-state index < -0.39 is 0 Å². The van der Waals surface area contributed by atoms with E-state index in [0.717, 1.165) is 17.9 Å². The Labute approximate surface area is 126 Å². The Bertz CT molecular complexity index is 382. The van der Waals surface area contributed by atoms with Crippen molar-refractivity contribution in [3.8, 4) is 5.75 Å². The van der Waals surface area contributed by atoms with E-state index in [4.69, 9.17) is 10.5 Å². The first-order valence-corrected chi connectivity index (χ1v) is 5.89. The number of nitrogens with two attached hydrogens (primary N) is 1. The molecule has 0 bridgehead atoms. The zero-order valence-electron chi connectivity index (χ0n) is 11.1. The number of benzene rings is 1. The molecule has 0 amide bonds. The number of halogens is 1. The molecule has 0 aliphatic rings. The van der Waals surface area contributed by atoms with Gasteiger partial charge in [0.2, 0.25) is 0 Å². The number of aliphatic imine (C=N–C) groups is 1. The lowest BCUT2D eigenvalue weighted by Gasteiger charge is -2.14. The van der Waals surface area contributed by atoms with Gasteiger partial charge >= 0.3 is 0 Å². The Kier molecular flexibility index (Phi) is 8.53. The number of ether oxygens (including phenoxy) is 1. The number of aryl methyl sites for hydroxylation is 1. The summed E-state index contributed by atoms with van der Waals surface area (Å²) in [7, 11) is 0. The van der Waals surface area contributed by atoms with Gasteiger partial charge in [0.25, 0.3) is 0 Å². The van der Waals surface area contributed by atoms with E-state index in [1.807, 2.05) is 45.0 Å². The van der Waals surface area contributed by atoms with Gasteiger partial charge in [-0.05, 0) is 32.4 Å². The summed E-state index contributed by atoms with van der Waals surface area (Å²) >= 11 is 0. The Hall–Kier alpha value is -0.980. The third-order valence-electron chi connectivity index (χ3n) is 2.30. The molecule has 0 aliphatic carbocycles. The lowest BCUT2D eigenvalue weighted by atomic mass is 10.2. The standard InChI is InChI=1S/C13H21N3O.HI/c1-4-15-13(14)16-9-11(3)17-12-8-6-5-7-10(12)2;/h5-8,11H,4,9H2,1-3H3,(H3,14,15,16);1H. The highest BCUT2D eigenvalue weighted by Crippen LogP contribution is 2.17. The molecule has 0 radical (unpaired) electrons. The summed E-state index contributed by atoms with van der Waals surface area (Å²) in [6, 6.07) is 7.95. The quantitative estimate of drug-likeness (QED) is 0.480. The number of hydrogen-bond acceptors (Lipinski definition) is 2. The van der Waals surface area contributed by atoms with Crippen LogP contribution >= 0.6 is 24.0 Å². The largest absolute Gasteiger partial charge is 0.489 e. The van der Waals surface area contributed by atoms with Crippen LogP contribution < -0.4 is 15.8 Å². The highest BCUT2D eigenvalue weighted by atomic mass is 127. The molecule has 0 spiro atoms. The Balaban J connectivity index is 0.00000289. The Morgan fingerprint density at radius 2 is 2.11 bits per heavy atom. The fourth-order valence-electron chi connectivity index (χ4n) is 1.41. The number of hydrogen-bond donors (Lipinski definition) is 2. The molecule has 1 aromatic rings. The van der Waals surface area contributed by atoms with Crippen LogP contribution in [-0.2, 0) is 0 Å². The van der Waals surface area contributed by atoms with Gasteiger partial charge in [0.15, 0.2) is 5.96 Å². The number of guanidine groups is 1. The molecule has 1 atom stereocenters. The summed E-state index contributed by atoms with van der Waals surface area (Å²) in [4.78, 5) is 4.20. The summed E-state index contributed by atoms with van der Waals surface area (Å²) in [5.41, 5.74) is 6.77. The number of para-hydroxylation sites is 1. The first kappa shape index (κ1) is 17.0. The summed E-state index contributed by atoms with van der Waals surface area (Å²) in [6.07, 6.45) is 0.00769. The van der Waals surface area contributed by atoms with Crippen LogP contribution in [0.3, 0.4) is 0 Å². The minimum absolute atomic E-state index is 0. The second kappa shape index (κ2) is 9.02. The zero-order chi connectivity index (χ0) is 12.7. The van der Waals surface area contributed by atoms with Gasteiger partial charge in [-0.15, -0.1) is 24.0 Å². The van der Waals surface area contributed by atoms with Crippen LogP contribution in [0.15, 0.2) is 29.3 Å². The summed E-state index contributed by atoms with van der Waals surface area (Å²) in [6.45, 7) is 7.32. The molecule has 5 heteroatoms. The molecule has 1 rings (SSSR count). The van der Waals surface area contributed by atoms with E-state index in [9.17, 15) is 0 Å². The molecule has 4 nitrogen and oxygen atoms in total. The van der Waals surface area contributed by atoms with Crippen molar-refractivity contribution in [2.75, 3.05) is 13.1 Å². The van der Waals surface area contributed by atoms with Crippen molar-refractivity contribution < 1.29 is 4.74 Å². The first-order valence-electron chi connectivity index (χ1n) is 5.89. The van der Waals surface area contributed by atoms with Gasteiger partial charge in [-0.2, -0.15) is 0 Å². The molecule has 1 aromatic carbocycles. The predicted molar refractivity (Wildman–Crippen MR) is 86.9 cm³/mol. The number of nitrogens with zero attached hydrogens (tertiary/aromatic N) is 1. The lowest BCUT2D eigenvalue weighted by Crippen LogP contribution is -2.32. The fraction of sp³-hybridized carbons (Fsp3) is 0.462. The third kappa shape index (κ3) is 6.09. The number of nitrogens with one attached hydrogen (secondary N) is 1. The van der Waals surface area contributed by atoms with Crippen LogP contribution in [0.1, 0.15) is 19.4 Å².